The van der Waals surface area contributed by atoms with Crippen LogP contribution in [0.3, 0.4) is 0 Å². The zero-order valence-electron chi connectivity index (χ0n) is 16.7. The monoisotopic (exact) mass is 418 g/mol. The molecule has 4 N–H and O–H groups in total. The maximum atomic E-state index is 12.1. The van der Waals surface area contributed by atoms with E-state index < -0.39 is 24.0 Å². The Labute approximate surface area is 174 Å². The molecule has 0 aromatic heterocycles. The van der Waals surface area contributed by atoms with E-state index in [1.807, 2.05) is 13.0 Å². The van der Waals surface area contributed by atoms with Crippen LogP contribution in [0.1, 0.15) is 39.6 Å². The molecule has 0 spiro atoms. The molecule has 0 aliphatic rings. The highest BCUT2D eigenvalue weighted by atomic mass is 16.5. The third-order valence-corrected chi connectivity index (χ3v) is 4.50. The van der Waals surface area contributed by atoms with E-state index in [2.05, 4.69) is 4.74 Å². The predicted octanol–water partition coefficient (Wildman–Crippen LogP) is 1.52. The van der Waals surface area contributed by atoms with Gasteiger partial charge in [-0.1, -0.05) is 49.4 Å². The first kappa shape index (κ1) is 25.0. The summed E-state index contributed by atoms with van der Waals surface area (Å²) in [5.74, 6) is -2.11. The predicted molar refractivity (Wildman–Crippen MR) is 108 cm³/mol. The fourth-order valence-electron chi connectivity index (χ4n) is 2.21. The summed E-state index contributed by atoms with van der Waals surface area (Å²) >= 11 is 0. The van der Waals surface area contributed by atoms with Crippen molar-refractivity contribution in [3.63, 3.8) is 0 Å². The van der Waals surface area contributed by atoms with E-state index in [1.54, 1.807) is 24.3 Å². The van der Waals surface area contributed by atoms with Gasteiger partial charge in [-0.3, -0.25) is 4.79 Å². The average Bonchev–Trinajstić information content (AvgIpc) is 2.80. The number of carbonyl (C=O) groups is 3. The lowest BCUT2D eigenvalue weighted by Crippen LogP contribution is -2.32. The molecule has 0 unspecified atom stereocenters. The van der Waals surface area contributed by atoms with Crippen LogP contribution in [0.2, 0.25) is 0 Å². The van der Waals surface area contributed by atoms with Gasteiger partial charge >= 0.3 is 11.9 Å². The minimum absolute atomic E-state index is 0.152. The van der Waals surface area contributed by atoms with Crippen LogP contribution in [0.25, 0.3) is 0 Å². The second-order valence-electron chi connectivity index (χ2n) is 6.57. The summed E-state index contributed by atoms with van der Waals surface area (Å²) in [6, 6.07) is 14.6. The highest BCUT2D eigenvalue weighted by Crippen LogP contribution is 2.18. The number of carboxylic acids is 1. The van der Waals surface area contributed by atoms with Gasteiger partial charge in [0.15, 0.2) is 12.4 Å². The molecule has 0 saturated carbocycles. The molecular formula is C22H26O8. The molecule has 0 atom stereocenters. The fraction of sp³-hybridized carbons (Fsp3) is 0.318. The molecule has 8 nitrogen and oxygen atoms in total. The standard InChI is InChI=1S/C16H12O5.C6H14O3/c17-14(18)10-21-16(20)13-8-6-12(7-9-13)15(19)11-4-2-1-3-5-11;1-2-6(3-7,4-8)5-9/h1-9H,10H2,(H,17,18);7-9H,2-5H2,1H3. The van der Waals surface area contributed by atoms with Crippen LogP contribution in [0.4, 0.5) is 0 Å². The van der Waals surface area contributed by atoms with Crippen molar-refractivity contribution in [3.05, 3.63) is 71.3 Å². The summed E-state index contributed by atoms with van der Waals surface area (Å²) in [4.78, 5) is 34.0. The normalized spacial score (nSPS) is 10.5. The largest absolute Gasteiger partial charge is 0.479 e. The highest BCUT2D eigenvalue weighted by Gasteiger charge is 2.24. The lowest BCUT2D eigenvalue weighted by molar-refractivity contribution is -0.140. The number of esters is 1. The van der Waals surface area contributed by atoms with Crippen LogP contribution in [0.5, 0.6) is 0 Å². The SMILES string of the molecule is CCC(CO)(CO)CO.O=C(O)COC(=O)c1ccc(C(=O)c2ccccc2)cc1. The average molecular weight is 418 g/mol. The minimum Gasteiger partial charge on any atom is -0.479 e. The Morgan fingerprint density at radius 1 is 0.800 bits per heavy atom. The molecular weight excluding hydrogens is 392 g/mol. The first-order valence-corrected chi connectivity index (χ1v) is 9.23. The molecule has 2 rings (SSSR count). The van der Waals surface area contributed by atoms with E-state index in [0.717, 1.165) is 0 Å². The summed E-state index contributed by atoms with van der Waals surface area (Å²) in [7, 11) is 0. The smallest absolute Gasteiger partial charge is 0.341 e. The van der Waals surface area contributed by atoms with E-state index in [1.165, 1.54) is 24.3 Å². The van der Waals surface area contributed by atoms with Gasteiger partial charge in [0.25, 0.3) is 0 Å². The van der Waals surface area contributed by atoms with Gasteiger partial charge in [0, 0.05) is 16.5 Å². The van der Waals surface area contributed by atoms with Crippen molar-refractivity contribution < 1.29 is 39.5 Å². The molecule has 0 amide bonds. The molecule has 0 bridgehead atoms. The number of aliphatic carboxylic acids is 1. The zero-order valence-corrected chi connectivity index (χ0v) is 16.7. The molecule has 0 aliphatic carbocycles. The number of carboxylic acid groups (broad SMARTS) is 1. The molecule has 8 heteroatoms. The number of ether oxygens (including phenoxy) is 1. The van der Waals surface area contributed by atoms with Crippen molar-refractivity contribution in [2.45, 2.75) is 13.3 Å². The number of rotatable bonds is 9. The van der Waals surface area contributed by atoms with Gasteiger partial charge in [0.05, 0.1) is 25.4 Å². The Kier molecular flexibility index (Phi) is 10.4. The van der Waals surface area contributed by atoms with Gasteiger partial charge in [-0.25, -0.2) is 9.59 Å². The lowest BCUT2D eigenvalue weighted by atomic mass is 9.88. The topological polar surface area (TPSA) is 141 Å². The van der Waals surface area contributed by atoms with E-state index >= 15 is 0 Å². The molecule has 30 heavy (non-hydrogen) atoms. The van der Waals surface area contributed by atoms with Crippen molar-refractivity contribution in [2.75, 3.05) is 26.4 Å². The van der Waals surface area contributed by atoms with Crippen LogP contribution < -0.4 is 0 Å². The molecule has 162 valence electrons. The molecule has 0 saturated heterocycles. The van der Waals surface area contributed by atoms with Gasteiger partial charge in [0.1, 0.15) is 0 Å². The van der Waals surface area contributed by atoms with Crippen molar-refractivity contribution >= 4 is 17.7 Å². The Bertz CT molecular complexity index is 793. The van der Waals surface area contributed by atoms with Crippen molar-refractivity contribution in [1.82, 2.24) is 0 Å². The van der Waals surface area contributed by atoms with Gasteiger partial charge in [-0.2, -0.15) is 0 Å². The van der Waals surface area contributed by atoms with E-state index in [4.69, 9.17) is 20.4 Å². The van der Waals surface area contributed by atoms with Crippen molar-refractivity contribution in [2.24, 2.45) is 5.41 Å². The maximum Gasteiger partial charge on any atom is 0.341 e. The number of hydrogen-bond donors (Lipinski definition) is 4. The minimum atomic E-state index is -1.22. The summed E-state index contributed by atoms with van der Waals surface area (Å²) in [6.45, 7) is 0.662. The Hall–Kier alpha value is -3.07. The molecule has 2 aromatic rings. The Morgan fingerprint density at radius 3 is 1.67 bits per heavy atom. The van der Waals surface area contributed by atoms with Crippen LogP contribution in [0.15, 0.2) is 54.6 Å². The van der Waals surface area contributed by atoms with E-state index in [0.29, 0.717) is 17.5 Å². The number of benzene rings is 2. The molecule has 0 aliphatic heterocycles. The highest BCUT2D eigenvalue weighted by molar-refractivity contribution is 6.09. The molecule has 0 radical (unpaired) electrons. The van der Waals surface area contributed by atoms with Crippen LogP contribution in [-0.2, 0) is 9.53 Å². The molecule has 2 aromatic carbocycles. The first-order chi connectivity index (χ1) is 14.3. The number of aliphatic hydroxyl groups is 3. The quantitative estimate of drug-likeness (QED) is 0.355. The maximum absolute atomic E-state index is 12.1. The summed E-state index contributed by atoms with van der Waals surface area (Å²) < 4.78 is 4.55. The molecule has 0 heterocycles. The number of carbonyl (C=O) groups excluding carboxylic acids is 2. The van der Waals surface area contributed by atoms with Crippen LogP contribution >= 0.6 is 0 Å². The third-order valence-electron chi connectivity index (χ3n) is 4.50. The number of hydrogen-bond acceptors (Lipinski definition) is 7. The summed E-state index contributed by atoms with van der Waals surface area (Å²) in [6.07, 6.45) is 0.594. The van der Waals surface area contributed by atoms with Gasteiger partial charge in [-0.15, -0.1) is 0 Å². The first-order valence-electron chi connectivity index (χ1n) is 9.23. The Balaban J connectivity index is 0.000000424. The number of aliphatic hydroxyl groups excluding tert-OH is 3. The van der Waals surface area contributed by atoms with Crippen molar-refractivity contribution in [3.8, 4) is 0 Å². The second kappa shape index (κ2) is 12.5. The fourth-order valence-corrected chi connectivity index (χ4v) is 2.21. The zero-order chi connectivity index (χ0) is 22.6. The summed E-state index contributed by atoms with van der Waals surface area (Å²) in [5.41, 5.74) is 0.524. The molecule has 0 fully saturated rings. The summed E-state index contributed by atoms with van der Waals surface area (Å²) in [5, 5.41) is 34.4. The number of ketones is 1. The van der Waals surface area contributed by atoms with Crippen LogP contribution in [0, 0.1) is 5.41 Å². The van der Waals surface area contributed by atoms with E-state index in [9.17, 15) is 14.4 Å². The lowest BCUT2D eigenvalue weighted by Gasteiger charge is -2.24. The van der Waals surface area contributed by atoms with Crippen molar-refractivity contribution in [1.29, 1.82) is 0 Å². The van der Waals surface area contributed by atoms with Crippen LogP contribution in [-0.4, -0.2) is 64.6 Å². The second-order valence-corrected chi connectivity index (χ2v) is 6.57. The van der Waals surface area contributed by atoms with Gasteiger partial charge in [-0.05, 0) is 18.6 Å². The van der Waals surface area contributed by atoms with Gasteiger partial charge < -0.3 is 25.2 Å². The van der Waals surface area contributed by atoms with E-state index in [-0.39, 0.29) is 31.2 Å². The Morgan fingerprint density at radius 2 is 1.27 bits per heavy atom. The van der Waals surface area contributed by atoms with Gasteiger partial charge in [0.2, 0.25) is 0 Å². The third kappa shape index (κ3) is 7.40.